The normalized spacial score (nSPS) is 16.0. The average molecular weight is 307 g/mol. The van der Waals surface area contributed by atoms with Gasteiger partial charge in [-0.2, -0.15) is 0 Å². The van der Waals surface area contributed by atoms with Crippen molar-refractivity contribution in [3.8, 4) is 0 Å². The first-order valence-electron chi connectivity index (χ1n) is 7.90. The summed E-state index contributed by atoms with van der Waals surface area (Å²) in [5.41, 5.74) is 2.36. The second-order valence-corrected chi connectivity index (χ2v) is 6.46. The van der Waals surface area contributed by atoms with Crippen molar-refractivity contribution >= 4 is 5.91 Å². The molecule has 0 radical (unpaired) electrons. The van der Waals surface area contributed by atoms with Gasteiger partial charge in [-0.15, -0.1) is 0 Å². The molecule has 0 aliphatic heterocycles. The number of hydrogen-bond acceptors (Lipinski definition) is 3. The molecule has 4 nitrogen and oxygen atoms in total. The zero-order valence-electron chi connectivity index (χ0n) is 14.7. The van der Waals surface area contributed by atoms with Crippen LogP contribution in [0.3, 0.4) is 0 Å². The number of likely N-dealkylation sites (N-methyl/N-ethyl adjacent to an activating group) is 1. The highest BCUT2D eigenvalue weighted by atomic mass is 16.5. The SMILES string of the molecule is CCC1=C(N(CC)C(=O)C(C)(C)C)C(OC)=CC(CO)=CC1. The molecule has 0 atom stereocenters. The fourth-order valence-electron chi connectivity index (χ4n) is 2.53. The molecular weight excluding hydrogens is 278 g/mol. The molecule has 0 saturated carbocycles. The van der Waals surface area contributed by atoms with Crippen molar-refractivity contribution in [2.45, 2.75) is 47.5 Å². The zero-order valence-corrected chi connectivity index (χ0v) is 14.7. The van der Waals surface area contributed by atoms with E-state index in [1.54, 1.807) is 7.11 Å². The Hall–Kier alpha value is -1.55. The number of aliphatic hydroxyl groups is 1. The Labute approximate surface area is 134 Å². The van der Waals surface area contributed by atoms with Crippen molar-refractivity contribution in [1.82, 2.24) is 4.90 Å². The third-order valence-corrected chi connectivity index (χ3v) is 3.80. The monoisotopic (exact) mass is 307 g/mol. The topological polar surface area (TPSA) is 49.8 Å². The summed E-state index contributed by atoms with van der Waals surface area (Å²) in [6, 6.07) is 0. The van der Waals surface area contributed by atoms with Gasteiger partial charge in [-0.1, -0.05) is 33.8 Å². The fraction of sp³-hybridized carbons (Fsp3) is 0.611. The van der Waals surface area contributed by atoms with E-state index in [1.165, 1.54) is 0 Å². The number of carbonyl (C=O) groups is 1. The molecule has 0 spiro atoms. The quantitative estimate of drug-likeness (QED) is 0.847. The molecule has 1 aliphatic rings. The van der Waals surface area contributed by atoms with Gasteiger partial charge in [0.15, 0.2) is 0 Å². The van der Waals surface area contributed by atoms with Crippen molar-refractivity contribution in [3.05, 3.63) is 34.8 Å². The van der Waals surface area contributed by atoms with E-state index in [0.29, 0.717) is 12.3 Å². The number of nitrogens with zero attached hydrogens (tertiary/aromatic N) is 1. The van der Waals surface area contributed by atoms with Crippen LogP contribution in [0, 0.1) is 5.41 Å². The van der Waals surface area contributed by atoms with Crippen LogP contribution in [0.25, 0.3) is 0 Å². The van der Waals surface area contributed by atoms with E-state index in [4.69, 9.17) is 4.74 Å². The zero-order chi connectivity index (χ0) is 16.9. The molecule has 0 aromatic heterocycles. The molecule has 1 aliphatic carbocycles. The van der Waals surface area contributed by atoms with Crippen LogP contribution in [0.2, 0.25) is 0 Å². The van der Waals surface area contributed by atoms with E-state index in [0.717, 1.165) is 29.7 Å². The summed E-state index contributed by atoms with van der Waals surface area (Å²) < 4.78 is 5.55. The van der Waals surface area contributed by atoms with E-state index >= 15 is 0 Å². The van der Waals surface area contributed by atoms with Gasteiger partial charge in [-0.3, -0.25) is 4.79 Å². The number of ether oxygens (including phenoxy) is 1. The van der Waals surface area contributed by atoms with Crippen LogP contribution in [0.1, 0.15) is 47.5 Å². The lowest BCUT2D eigenvalue weighted by atomic mass is 9.93. The molecule has 124 valence electrons. The molecule has 0 heterocycles. The van der Waals surface area contributed by atoms with Crippen molar-refractivity contribution in [1.29, 1.82) is 0 Å². The van der Waals surface area contributed by atoms with Gasteiger partial charge in [0.25, 0.3) is 0 Å². The molecule has 0 unspecified atom stereocenters. The third kappa shape index (κ3) is 4.01. The second-order valence-electron chi connectivity index (χ2n) is 6.46. The number of methoxy groups -OCH3 is 1. The van der Waals surface area contributed by atoms with E-state index in [-0.39, 0.29) is 12.5 Å². The van der Waals surface area contributed by atoms with Crippen LogP contribution in [0.15, 0.2) is 34.8 Å². The molecule has 0 bridgehead atoms. The van der Waals surface area contributed by atoms with Crippen molar-refractivity contribution in [3.63, 3.8) is 0 Å². The highest BCUT2D eigenvalue weighted by Gasteiger charge is 2.31. The van der Waals surface area contributed by atoms with Gasteiger partial charge < -0.3 is 14.7 Å². The van der Waals surface area contributed by atoms with E-state index in [9.17, 15) is 9.90 Å². The van der Waals surface area contributed by atoms with Gasteiger partial charge in [0.2, 0.25) is 5.91 Å². The Morgan fingerprint density at radius 2 is 2.00 bits per heavy atom. The van der Waals surface area contributed by atoms with Crippen molar-refractivity contribution in [2.24, 2.45) is 5.41 Å². The van der Waals surface area contributed by atoms with Crippen LogP contribution in [-0.4, -0.2) is 36.2 Å². The maximum Gasteiger partial charge on any atom is 0.232 e. The lowest BCUT2D eigenvalue weighted by Crippen LogP contribution is -2.40. The molecule has 1 rings (SSSR count). The van der Waals surface area contributed by atoms with Gasteiger partial charge in [-0.05, 0) is 37.0 Å². The minimum absolute atomic E-state index is 0.0313. The minimum atomic E-state index is -0.458. The summed E-state index contributed by atoms with van der Waals surface area (Å²) in [6.07, 6.45) is 5.38. The van der Waals surface area contributed by atoms with Gasteiger partial charge >= 0.3 is 0 Å². The molecule has 1 amide bonds. The Bertz CT molecular complexity index is 507. The maximum atomic E-state index is 12.8. The molecule has 0 aromatic rings. The van der Waals surface area contributed by atoms with Crippen molar-refractivity contribution in [2.75, 3.05) is 20.3 Å². The van der Waals surface area contributed by atoms with Gasteiger partial charge in [-0.25, -0.2) is 0 Å². The number of rotatable bonds is 5. The van der Waals surface area contributed by atoms with Crippen LogP contribution >= 0.6 is 0 Å². The molecule has 0 fully saturated rings. The Kier molecular flexibility index (Phi) is 6.42. The summed E-state index contributed by atoms with van der Waals surface area (Å²) in [6.45, 7) is 10.4. The number of amides is 1. The molecule has 0 aromatic carbocycles. The maximum absolute atomic E-state index is 12.8. The van der Waals surface area contributed by atoms with Crippen molar-refractivity contribution < 1.29 is 14.6 Å². The Balaban J connectivity index is 3.42. The average Bonchev–Trinajstić information content (AvgIpc) is 2.66. The summed E-state index contributed by atoms with van der Waals surface area (Å²) in [5, 5.41) is 9.44. The van der Waals surface area contributed by atoms with Crippen LogP contribution < -0.4 is 0 Å². The molecule has 22 heavy (non-hydrogen) atoms. The lowest BCUT2D eigenvalue weighted by molar-refractivity contribution is -0.137. The van der Waals surface area contributed by atoms with Crippen LogP contribution in [-0.2, 0) is 9.53 Å². The summed E-state index contributed by atoms with van der Waals surface area (Å²) >= 11 is 0. The lowest BCUT2D eigenvalue weighted by Gasteiger charge is -2.32. The smallest absolute Gasteiger partial charge is 0.232 e. The second kappa shape index (κ2) is 7.63. The van der Waals surface area contributed by atoms with E-state index in [1.807, 2.05) is 44.7 Å². The predicted octanol–water partition coefficient (Wildman–Crippen LogP) is 3.40. The first-order chi connectivity index (χ1) is 10.3. The molecular formula is C18H29NO3. The number of allylic oxidation sites excluding steroid dienone is 2. The van der Waals surface area contributed by atoms with Crippen LogP contribution in [0.5, 0.6) is 0 Å². The summed E-state index contributed by atoms with van der Waals surface area (Å²) in [7, 11) is 1.61. The van der Waals surface area contributed by atoms with Crippen LogP contribution in [0.4, 0.5) is 0 Å². The Morgan fingerprint density at radius 1 is 1.36 bits per heavy atom. The van der Waals surface area contributed by atoms with E-state index in [2.05, 4.69) is 6.92 Å². The number of aliphatic hydroxyl groups excluding tert-OH is 1. The minimum Gasteiger partial charge on any atom is -0.495 e. The largest absolute Gasteiger partial charge is 0.495 e. The summed E-state index contributed by atoms with van der Waals surface area (Å²) in [5.74, 6) is 0.723. The molecule has 1 N–H and O–H groups in total. The molecule has 0 saturated heterocycles. The standard InChI is InChI=1S/C18H29NO3/c1-7-14-10-9-13(12-20)11-15(22-6)16(14)19(8-2)17(21)18(3,4)5/h9,11,20H,7-8,10,12H2,1-6H3. The predicted molar refractivity (Wildman–Crippen MR) is 89.0 cm³/mol. The third-order valence-electron chi connectivity index (χ3n) is 3.80. The van der Waals surface area contributed by atoms with Gasteiger partial charge in [0.05, 0.1) is 19.4 Å². The Morgan fingerprint density at radius 3 is 2.41 bits per heavy atom. The van der Waals surface area contributed by atoms with Gasteiger partial charge in [0.1, 0.15) is 5.76 Å². The molecule has 4 heteroatoms. The van der Waals surface area contributed by atoms with Gasteiger partial charge in [0, 0.05) is 12.0 Å². The number of hydrogen-bond donors (Lipinski definition) is 1. The number of carbonyl (C=O) groups excluding carboxylic acids is 1. The van der Waals surface area contributed by atoms with E-state index < -0.39 is 5.41 Å². The highest BCUT2D eigenvalue weighted by molar-refractivity contribution is 5.84. The first kappa shape index (κ1) is 18.5. The first-order valence-corrected chi connectivity index (χ1v) is 7.90. The fourth-order valence-corrected chi connectivity index (χ4v) is 2.53. The highest BCUT2D eigenvalue weighted by Crippen LogP contribution is 2.32. The summed E-state index contributed by atoms with van der Waals surface area (Å²) in [4.78, 5) is 14.6.